The van der Waals surface area contributed by atoms with Crippen molar-refractivity contribution in [3.63, 3.8) is 0 Å². The maximum Gasteiger partial charge on any atom is 0.329 e. The molecular weight excluding hydrogens is 184 g/mol. The van der Waals surface area contributed by atoms with Crippen molar-refractivity contribution in [2.75, 3.05) is 20.2 Å². The van der Waals surface area contributed by atoms with Crippen LogP contribution in [0.3, 0.4) is 0 Å². The van der Waals surface area contributed by atoms with Gasteiger partial charge in [-0.05, 0) is 20.9 Å². The zero-order valence-corrected chi connectivity index (χ0v) is 8.74. The normalized spacial score (nSPS) is 24.8. The summed E-state index contributed by atoms with van der Waals surface area (Å²) in [6.07, 6.45) is 0. The van der Waals surface area contributed by atoms with Gasteiger partial charge in [0.15, 0.2) is 6.61 Å². The molecular formula is C9H16N2O3. The minimum atomic E-state index is -0.473. The van der Waals surface area contributed by atoms with Crippen LogP contribution < -0.4 is 5.32 Å². The van der Waals surface area contributed by atoms with Gasteiger partial charge in [0.05, 0.1) is 0 Å². The monoisotopic (exact) mass is 200 g/mol. The van der Waals surface area contributed by atoms with E-state index in [1.54, 1.807) is 11.8 Å². The minimum Gasteiger partial charge on any atom is -0.454 e. The standard InChI is InChI=1S/C9H16N2O3/c1-6(4-10-3)11-7(2)9(13)14-5-8(11)12/h6-7,10H,4-5H2,1-3H3. The van der Waals surface area contributed by atoms with Crippen molar-refractivity contribution in [2.45, 2.75) is 25.9 Å². The molecule has 1 rings (SSSR count). The third-order valence-corrected chi connectivity index (χ3v) is 2.36. The van der Waals surface area contributed by atoms with E-state index in [9.17, 15) is 9.59 Å². The highest BCUT2D eigenvalue weighted by atomic mass is 16.5. The summed E-state index contributed by atoms with van der Waals surface area (Å²) in [5.74, 6) is -0.451. The SMILES string of the molecule is CNCC(C)N1C(=O)COC(=O)C1C. The summed E-state index contributed by atoms with van der Waals surface area (Å²) in [6.45, 7) is 4.13. The summed E-state index contributed by atoms with van der Waals surface area (Å²) in [4.78, 5) is 24.3. The lowest BCUT2D eigenvalue weighted by Gasteiger charge is -2.36. The molecule has 80 valence electrons. The lowest BCUT2D eigenvalue weighted by Crippen LogP contribution is -2.56. The van der Waals surface area contributed by atoms with Crippen LogP contribution in [0, 0.1) is 0 Å². The highest BCUT2D eigenvalue weighted by Gasteiger charge is 2.35. The maximum atomic E-state index is 11.5. The van der Waals surface area contributed by atoms with Crippen LogP contribution in [0.5, 0.6) is 0 Å². The Morgan fingerprint density at radius 1 is 1.64 bits per heavy atom. The number of hydrogen-bond donors (Lipinski definition) is 1. The van der Waals surface area contributed by atoms with Gasteiger partial charge in [0.2, 0.25) is 0 Å². The van der Waals surface area contributed by atoms with E-state index < -0.39 is 6.04 Å². The highest BCUT2D eigenvalue weighted by Crippen LogP contribution is 2.12. The molecule has 0 saturated carbocycles. The summed E-state index contributed by atoms with van der Waals surface area (Å²) >= 11 is 0. The fraction of sp³-hybridized carbons (Fsp3) is 0.778. The molecule has 1 fully saturated rings. The number of esters is 1. The van der Waals surface area contributed by atoms with Gasteiger partial charge >= 0.3 is 5.97 Å². The molecule has 1 saturated heterocycles. The molecule has 1 N–H and O–H groups in total. The summed E-state index contributed by atoms with van der Waals surface area (Å²) in [5, 5.41) is 2.97. The second kappa shape index (κ2) is 4.41. The summed E-state index contributed by atoms with van der Waals surface area (Å²) in [7, 11) is 1.81. The number of rotatable bonds is 3. The fourth-order valence-electron chi connectivity index (χ4n) is 1.68. The van der Waals surface area contributed by atoms with Crippen LogP contribution in [-0.4, -0.2) is 49.1 Å². The summed E-state index contributed by atoms with van der Waals surface area (Å²) in [6, 6.07) is -0.463. The Kier molecular flexibility index (Phi) is 3.46. The lowest BCUT2D eigenvalue weighted by molar-refractivity contribution is -0.170. The van der Waals surface area contributed by atoms with Gasteiger partial charge in [-0.25, -0.2) is 4.79 Å². The van der Waals surface area contributed by atoms with Crippen LogP contribution in [0.2, 0.25) is 0 Å². The molecule has 0 aromatic heterocycles. The van der Waals surface area contributed by atoms with Crippen LogP contribution >= 0.6 is 0 Å². The number of nitrogens with one attached hydrogen (secondary N) is 1. The van der Waals surface area contributed by atoms with E-state index in [0.717, 1.165) is 0 Å². The van der Waals surface area contributed by atoms with E-state index in [0.29, 0.717) is 6.54 Å². The molecule has 1 aliphatic rings. The number of nitrogens with zero attached hydrogens (tertiary/aromatic N) is 1. The van der Waals surface area contributed by atoms with Crippen molar-refractivity contribution >= 4 is 11.9 Å². The molecule has 2 unspecified atom stereocenters. The van der Waals surface area contributed by atoms with Crippen molar-refractivity contribution in [1.29, 1.82) is 0 Å². The zero-order valence-electron chi connectivity index (χ0n) is 8.74. The third kappa shape index (κ3) is 2.04. The average molecular weight is 200 g/mol. The molecule has 2 atom stereocenters. The number of hydrogen-bond acceptors (Lipinski definition) is 4. The number of likely N-dealkylation sites (N-methyl/N-ethyl adjacent to an activating group) is 1. The van der Waals surface area contributed by atoms with Crippen molar-refractivity contribution < 1.29 is 14.3 Å². The Morgan fingerprint density at radius 3 is 2.86 bits per heavy atom. The van der Waals surface area contributed by atoms with Crippen molar-refractivity contribution in [1.82, 2.24) is 10.2 Å². The van der Waals surface area contributed by atoms with Crippen molar-refractivity contribution in [3.05, 3.63) is 0 Å². The first-order valence-electron chi connectivity index (χ1n) is 4.70. The van der Waals surface area contributed by atoms with E-state index in [2.05, 4.69) is 5.32 Å². The second-order valence-corrected chi connectivity index (χ2v) is 3.49. The average Bonchev–Trinajstić information content (AvgIpc) is 2.13. The smallest absolute Gasteiger partial charge is 0.329 e. The zero-order chi connectivity index (χ0) is 10.7. The molecule has 1 heterocycles. The van der Waals surface area contributed by atoms with Crippen LogP contribution in [0.4, 0.5) is 0 Å². The summed E-state index contributed by atoms with van der Waals surface area (Å²) < 4.78 is 4.71. The number of amides is 1. The van der Waals surface area contributed by atoms with Gasteiger partial charge in [0.1, 0.15) is 6.04 Å². The topological polar surface area (TPSA) is 58.6 Å². The maximum absolute atomic E-state index is 11.5. The van der Waals surface area contributed by atoms with Gasteiger partial charge in [-0.2, -0.15) is 0 Å². The lowest BCUT2D eigenvalue weighted by atomic mass is 10.1. The molecule has 0 aromatic carbocycles. The largest absolute Gasteiger partial charge is 0.454 e. The Labute approximate surface area is 83.4 Å². The molecule has 14 heavy (non-hydrogen) atoms. The number of carbonyl (C=O) groups excluding carboxylic acids is 2. The molecule has 1 aliphatic heterocycles. The third-order valence-electron chi connectivity index (χ3n) is 2.36. The number of morpholine rings is 1. The Hall–Kier alpha value is -1.10. The van der Waals surface area contributed by atoms with Crippen LogP contribution in [-0.2, 0) is 14.3 Å². The number of cyclic esters (lactones) is 1. The van der Waals surface area contributed by atoms with E-state index in [-0.39, 0.29) is 24.5 Å². The first-order valence-corrected chi connectivity index (χ1v) is 4.70. The van der Waals surface area contributed by atoms with Gasteiger partial charge in [-0.15, -0.1) is 0 Å². The van der Waals surface area contributed by atoms with Crippen LogP contribution in [0.25, 0.3) is 0 Å². The van der Waals surface area contributed by atoms with Gasteiger partial charge in [0, 0.05) is 12.6 Å². The van der Waals surface area contributed by atoms with E-state index in [1.807, 2.05) is 14.0 Å². The molecule has 0 bridgehead atoms. The van der Waals surface area contributed by atoms with E-state index >= 15 is 0 Å². The minimum absolute atomic E-state index is 0.00958. The first kappa shape index (κ1) is 11.0. The molecule has 0 radical (unpaired) electrons. The van der Waals surface area contributed by atoms with E-state index in [1.165, 1.54) is 0 Å². The van der Waals surface area contributed by atoms with Crippen LogP contribution in [0.1, 0.15) is 13.8 Å². The highest BCUT2D eigenvalue weighted by molar-refractivity contribution is 5.90. The quantitative estimate of drug-likeness (QED) is 0.616. The Balaban J connectivity index is 2.71. The van der Waals surface area contributed by atoms with Crippen molar-refractivity contribution in [3.8, 4) is 0 Å². The van der Waals surface area contributed by atoms with Gasteiger partial charge in [0.25, 0.3) is 5.91 Å². The fourth-order valence-corrected chi connectivity index (χ4v) is 1.68. The van der Waals surface area contributed by atoms with Crippen LogP contribution in [0.15, 0.2) is 0 Å². The number of carbonyl (C=O) groups is 2. The molecule has 0 spiro atoms. The second-order valence-electron chi connectivity index (χ2n) is 3.49. The van der Waals surface area contributed by atoms with E-state index in [4.69, 9.17) is 4.74 Å². The Bertz CT molecular complexity index is 242. The number of ether oxygens (including phenoxy) is 1. The Morgan fingerprint density at radius 2 is 2.29 bits per heavy atom. The van der Waals surface area contributed by atoms with Gasteiger partial charge in [-0.1, -0.05) is 0 Å². The van der Waals surface area contributed by atoms with Gasteiger partial charge < -0.3 is 15.0 Å². The summed E-state index contributed by atoms with van der Waals surface area (Å²) in [5.41, 5.74) is 0. The molecule has 5 heteroatoms. The molecule has 5 nitrogen and oxygen atoms in total. The predicted octanol–water partition coefficient (Wildman–Crippen LogP) is -0.632. The molecule has 1 amide bonds. The molecule has 0 aliphatic carbocycles. The predicted molar refractivity (Wildman–Crippen MR) is 50.7 cm³/mol. The molecule has 0 aromatic rings. The van der Waals surface area contributed by atoms with Crippen molar-refractivity contribution in [2.24, 2.45) is 0 Å². The first-order chi connectivity index (χ1) is 6.57. The van der Waals surface area contributed by atoms with Gasteiger partial charge in [-0.3, -0.25) is 4.79 Å².